The van der Waals surface area contributed by atoms with E-state index in [0.717, 1.165) is 70.9 Å². The molecule has 68 heavy (non-hydrogen) atoms. The summed E-state index contributed by atoms with van der Waals surface area (Å²) in [5.41, 5.74) is 3.07. The number of para-hydroxylation sites is 2. The predicted molar refractivity (Wildman–Crippen MR) is 304 cm³/mol. The molecule has 6 atom stereocenters. The van der Waals surface area contributed by atoms with Gasteiger partial charge in [0.05, 0.1) is 7.18 Å². The molecule has 5 aliphatic heterocycles. The van der Waals surface area contributed by atoms with E-state index in [2.05, 4.69) is 167 Å². The van der Waals surface area contributed by atoms with Crippen molar-refractivity contribution < 1.29 is 4.39 Å². The standard InChI is InChI=1S/C11H23N.C10H21N.C9H19N.C8H17N.C7H15N.2C7H9N.CH3F/c1-9-6-7-12(8-10(9)2)11(3,4)5;1-9-6-5-7-11(8-9)10(2,3)4;1-7(2)10-5-8(3)9(4)6-10;1-7(2)9-5-4-8(3)6-9;1-6(2)8-4-7(3)5-8;2*1-8-7-5-3-2-4-6-7;1-2/h9-10H,6-8H2,1-5H3;9H,5-8H2,1-4H3;7-9H,5-6H2,1-4H3;7-8H,4-6H2,1-3H3;6-7H,4-5H2,1-3H3;2*2-6,8H,1H3;1H3. The van der Waals surface area contributed by atoms with Crippen LogP contribution in [-0.4, -0.2) is 140 Å². The van der Waals surface area contributed by atoms with Crippen molar-refractivity contribution in [1.29, 1.82) is 0 Å². The highest BCUT2D eigenvalue weighted by molar-refractivity contribution is 5.41. The summed E-state index contributed by atoms with van der Waals surface area (Å²) in [4.78, 5) is 12.8. The van der Waals surface area contributed by atoms with Crippen molar-refractivity contribution in [2.24, 2.45) is 41.4 Å². The third-order valence-electron chi connectivity index (χ3n) is 14.8. The van der Waals surface area contributed by atoms with Crippen LogP contribution in [0.25, 0.3) is 0 Å². The summed E-state index contributed by atoms with van der Waals surface area (Å²) >= 11 is 0. The molecule has 7 rings (SSSR count). The Hall–Kier alpha value is -2.23. The third kappa shape index (κ3) is 28.6. The van der Waals surface area contributed by atoms with Crippen LogP contribution < -0.4 is 10.6 Å². The molecular weight excluding hydrogens is 838 g/mol. The molecule has 5 saturated heterocycles. The van der Waals surface area contributed by atoms with Crippen molar-refractivity contribution in [3.8, 4) is 0 Å². The number of alkyl halides is 1. The minimum absolute atomic E-state index is 0.369. The van der Waals surface area contributed by atoms with Gasteiger partial charge >= 0.3 is 0 Å². The molecule has 7 nitrogen and oxygen atoms in total. The first-order valence-corrected chi connectivity index (χ1v) is 27.3. The zero-order valence-corrected chi connectivity index (χ0v) is 49.1. The zero-order valence-electron chi connectivity index (χ0n) is 49.1. The average Bonchev–Trinajstić information content (AvgIpc) is 3.89. The van der Waals surface area contributed by atoms with Gasteiger partial charge in [0.2, 0.25) is 0 Å². The van der Waals surface area contributed by atoms with Crippen LogP contribution in [-0.2, 0) is 0 Å². The maximum Gasteiger partial charge on any atom is 0.0785 e. The molecule has 0 radical (unpaired) electrons. The van der Waals surface area contributed by atoms with E-state index in [4.69, 9.17) is 0 Å². The fourth-order valence-corrected chi connectivity index (χ4v) is 9.08. The molecule has 0 aromatic heterocycles. The summed E-state index contributed by atoms with van der Waals surface area (Å²) in [6.45, 7) is 57.0. The zero-order chi connectivity index (χ0) is 52.2. The van der Waals surface area contributed by atoms with Crippen LogP contribution in [0.1, 0.15) is 157 Å². The Morgan fingerprint density at radius 2 is 0.794 bits per heavy atom. The number of rotatable bonds is 5. The lowest BCUT2D eigenvalue weighted by Crippen LogP contribution is -2.48. The molecule has 0 bridgehead atoms. The van der Waals surface area contributed by atoms with Crippen LogP contribution in [0.2, 0.25) is 0 Å². The number of nitrogens with one attached hydrogen (secondary N) is 2. The molecule has 6 unspecified atom stereocenters. The molecule has 5 fully saturated rings. The van der Waals surface area contributed by atoms with Gasteiger partial charge in [-0.2, -0.15) is 0 Å². The monoisotopic (exact) mass is 954 g/mol. The number of likely N-dealkylation sites (tertiary alicyclic amines) is 5. The van der Waals surface area contributed by atoms with Crippen LogP contribution in [0.3, 0.4) is 0 Å². The van der Waals surface area contributed by atoms with E-state index >= 15 is 0 Å². The Bertz CT molecular complexity index is 1400. The molecule has 2 aromatic carbocycles. The van der Waals surface area contributed by atoms with Crippen molar-refractivity contribution in [2.75, 3.05) is 97.4 Å². The second-order valence-corrected chi connectivity index (χ2v) is 24.1. The molecule has 398 valence electrons. The SMILES string of the molecule is CC1CCCN(C(C)(C)C)C1.CC1CCN(C(C)(C)C)CC1C.CC1CCN(C(C)C)C1.CC1CN(C(C)C)C1.CC1CN(C(C)C)CC1C.CF.CNc1ccccc1.CNc1ccccc1. The van der Waals surface area contributed by atoms with Crippen molar-refractivity contribution in [3.63, 3.8) is 0 Å². The highest BCUT2D eigenvalue weighted by Crippen LogP contribution is 2.28. The fraction of sp³-hybridized carbons (Fsp3) is 0.800. The van der Waals surface area contributed by atoms with Crippen LogP contribution in [0, 0.1) is 41.4 Å². The number of anilines is 2. The van der Waals surface area contributed by atoms with Gasteiger partial charge in [-0.25, -0.2) is 0 Å². The maximum atomic E-state index is 9.50. The lowest BCUT2D eigenvalue weighted by Gasteiger charge is -2.43. The smallest absolute Gasteiger partial charge is 0.0785 e. The fourth-order valence-electron chi connectivity index (χ4n) is 9.08. The Morgan fingerprint density at radius 3 is 1.04 bits per heavy atom. The molecule has 0 amide bonds. The Labute approximate surface area is 424 Å². The number of benzene rings is 2. The number of hydrogen-bond acceptors (Lipinski definition) is 7. The normalized spacial score (nSPS) is 24.8. The number of piperidine rings is 2. The van der Waals surface area contributed by atoms with Crippen LogP contribution in [0.4, 0.5) is 15.8 Å². The quantitative estimate of drug-likeness (QED) is 0.309. The van der Waals surface area contributed by atoms with E-state index in [0.29, 0.717) is 18.3 Å². The van der Waals surface area contributed by atoms with Crippen molar-refractivity contribution in [1.82, 2.24) is 24.5 Å². The van der Waals surface area contributed by atoms with Gasteiger partial charge in [0, 0.05) is 100 Å². The van der Waals surface area contributed by atoms with Gasteiger partial charge in [-0.3, -0.25) is 14.2 Å². The van der Waals surface area contributed by atoms with Crippen molar-refractivity contribution in [2.45, 2.75) is 186 Å². The van der Waals surface area contributed by atoms with Gasteiger partial charge in [0.1, 0.15) is 0 Å². The minimum Gasteiger partial charge on any atom is -0.388 e. The molecule has 2 aromatic rings. The largest absolute Gasteiger partial charge is 0.388 e. The molecule has 8 heteroatoms. The van der Waals surface area contributed by atoms with Crippen molar-refractivity contribution in [3.05, 3.63) is 60.7 Å². The van der Waals surface area contributed by atoms with E-state index in [9.17, 15) is 4.39 Å². The third-order valence-corrected chi connectivity index (χ3v) is 14.8. The topological polar surface area (TPSA) is 40.3 Å². The molecular formula is C60H116FN7. The van der Waals surface area contributed by atoms with E-state index in [1.807, 2.05) is 74.8 Å². The van der Waals surface area contributed by atoms with E-state index < -0.39 is 0 Å². The second-order valence-electron chi connectivity index (χ2n) is 24.1. The summed E-state index contributed by atoms with van der Waals surface area (Å²) in [5, 5.41) is 6.05. The summed E-state index contributed by atoms with van der Waals surface area (Å²) in [6.07, 6.45) is 5.58. The van der Waals surface area contributed by atoms with Crippen LogP contribution >= 0.6 is 0 Å². The molecule has 0 aliphatic carbocycles. The number of nitrogens with zero attached hydrogens (tertiary/aromatic N) is 5. The summed E-state index contributed by atoms with van der Waals surface area (Å²) < 4.78 is 9.50. The van der Waals surface area contributed by atoms with Gasteiger partial charge in [0.15, 0.2) is 0 Å². The minimum atomic E-state index is 0.369. The van der Waals surface area contributed by atoms with Gasteiger partial charge < -0.3 is 25.3 Å². The predicted octanol–water partition coefficient (Wildman–Crippen LogP) is 14.4. The molecule has 5 heterocycles. The Morgan fingerprint density at radius 1 is 0.426 bits per heavy atom. The molecule has 0 spiro atoms. The Balaban J connectivity index is 0.000000769. The number of hydrogen-bond donors (Lipinski definition) is 2. The van der Waals surface area contributed by atoms with E-state index in [1.165, 1.54) is 91.1 Å². The molecule has 5 aliphatic rings. The first-order chi connectivity index (χ1) is 31.8. The average molecular weight is 955 g/mol. The molecule has 0 saturated carbocycles. The summed E-state index contributed by atoms with van der Waals surface area (Å²) in [7, 11) is 4.32. The van der Waals surface area contributed by atoms with Crippen molar-refractivity contribution >= 4 is 11.4 Å². The van der Waals surface area contributed by atoms with E-state index in [1.54, 1.807) is 0 Å². The first-order valence-electron chi connectivity index (χ1n) is 27.3. The van der Waals surface area contributed by atoms with Crippen LogP contribution in [0.15, 0.2) is 60.7 Å². The lowest BCUT2D eigenvalue weighted by molar-refractivity contribution is 0.0584. The maximum absolute atomic E-state index is 9.50. The number of halogens is 1. The lowest BCUT2D eigenvalue weighted by atomic mass is 9.86. The highest BCUT2D eigenvalue weighted by Gasteiger charge is 2.30. The van der Waals surface area contributed by atoms with Crippen LogP contribution in [0.5, 0.6) is 0 Å². The van der Waals surface area contributed by atoms with E-state index in [-0.39, 0.29) is 0 Å². The molecule has 2 N–H and O–H groups in total. The first kappa shape index (κ1) is 65.8. The second kappa shape index (κ2) is 35.0. The van der Waals surface area contributed by atoms with Gasteiger partial charge in [-0.15, -0.1) is 0 Å². The Kier molecular flexibility index (Phi) is 33.8. The van der Waals surface area contributed by atoms with Gasteiger partial charge in [0.25, 0.3) is 0 Å². The van der Waals surface area contributed by atoms with Gasteiger partial charge in [-0.1, -0.05) is 84.9 Å². The highest BCUT2D eigenvalue weighted by atomic mass is 19.1. The van der Waals surface area contributed by atoms with Gasteiger partial charge in [-0.05, 0) is 194 Å². The summed E-state index contributed by atoms with van der Waals surface area (Å²) in [5.74, 6) is 6.40. The summed E-state index contributed by atoms with van der Waals surface area (Å²) in [6, 6.07) is 22.4.